The molecule has 0 bridgehead atoms. The first-order valence-electron chi connectivity index (χ1n) is 14.9. The molecule has 2 amide bonds. The van der Waals surface area contributed by atoms with Crippen molar-refractivity contribution in [2.24, 2.45) is 0 Å². The zero-order chi connectivity index (χ0) is 32.6. The zero-order valence-corrected chi connectivity index (χ0v) is 27.3. The third-order valence-electron chi connectivity index (χ3n) is 7.39. The van der Waals surface area contributed by atoms with Gasteiger partial charge in [0.25, 0.3) is 10.0 Å². The van der Waals surface area contributed by atoms with Crippen molar-refractivity contribution in [3.05, 3.63) is 125 Å². The first-order chi connectivity index (χ1) is 21.5. The second-order valence-electron chi connectivity index (χ2n) is 11.4. The number of benzene rings is 4. The fourth-order valence-electron chi connectivity index (χ4n) is 5.06. The summed E-state index contributed by atoms with van der Waals surface area (Å²) in [6, 6.07) is 29.2. The monoisotopic (exact) mass is 627 g/mol. The van der Waals surface area contributed by atoms with Crippen LogP contribution in [0.1, 0.15) is 36.1 Å². The summed E-state index contributed by atoms with van der Waals surface area (Å²) in [5, 5.41) is 2.98. The molecule has 0 saturated heterocycles. The highest BCUT2D eigenvalue weighted by Gasteiger charge is 2.34. The van der Waals surface area contributed by atoms with Gasteiger partial charge in [-0.2, -0.15) is 0 Å². The maximum Gasteiger partial charge on any atom is 0.264 e. The molecule has 9 heteroatoms. The molecule has 4 aromatic carbocycles. The molecule has 0 radical (unpaired) electrons. The second kappa shape index (κ2) is 14.9. The van der Waals surface area contributed by atoms with Crippen molar-refractivity contribution in [3.8, 4) is 5.75 Å². The molecule has 0 aliphatic carbocycles. The maximum atomic E-state index is 14.5. The molecule has 45 heavy (non-hydrogen) atoms. The number of nitrogens with one attached hydrogen (secondary N) is 1. The summed E-state index contributed by atoms with van der Waals surface area (Å²) in [6.07, 6.45) is 0.254. The zero-order valence-electron chi connectivity index (χ0n) is 26.4. The minimum atomic E-state index is -4.18. The van der Waals surface area contributed by atoms with E-state index in [0.29, 0.717) is 11.4 Å². The Balaban J connectivity index is 1.81. The van der Waals surface area contributed by atoms with Crippen molar-refractivity contribution in [1.29, 1.82) is 0 Å². The fraction of sp³-hybridized carbons (Fsp3) is 0.278. The second-order valence-corrected chi connectivity index (χ2v) is 13.3. The Morgan fingerprint density at radius 1 is 0.800 bits per heavy atom. The number of rotatable bonds is 13. The summed E-state index contributed by atoms with van der Waals surface area (Å²) in [7, 11) is -2.65. The van der Waals surface area contributed by atoms with Gasteiger partial charge < -0.3 is 15.0 Å². The summed E-state index contributed by atoms with van der Waals surface area (Å²) >= 11 is 0. The van der Waals surface area contributed by atoms with Crippen molar-refractivity contribution in [3.63, 3.8) is 0 Å². The van der Waals surface area contributed by atoms with Gasteiger partial charge in [-0.05, 0) is 75.2 Å². The normalized spacial score (nSPS) is 12.0. The van der Waals surface area contributed by atoms with Gasteiger partial charge in [0.05, 0.1) is 17.7 Å². The Bertz CT molecular complexity index is 1690. The van der Waals surface area contributed by atoms with E-state index in [2.05, 4.69) is 5.32 Å². The van der Waals surface area contributed by atoms with Crippen molar-refractivity contribution in [2.45, 2.75) is 57.6 Å². The number of hydrogen-bond donors (Lipinski definition) is 1. The van der Waals surface area contributed by atoms with Crippen LogP contribution in [0.25, 0.3) is 0 Å². The molecule has 0 heterocycles. The van der Waals surface area contributed by atoms with Crippen LogP contribution < -0.4 is 14.4 Å². The van der Waals surface area contributed by atoms with Gasteiger partial charge in [-0.3, -0.25) is 13.9 Å². The molecular weight excluding hydrogens is 586 g/mol. The first kappa shape index (κ1) is 33.3. The van der Waals surface area contributed by atoms with Crippen LogP contribution in [0.2, 0.25) is 0 Å². The van der Waals surface area contributed by atoms with Gasteiger partial charge in [-0.25, -0.2) is 8.42 Å². The Labute approximate surface area is 266 Å². The van der Waals surface area contributed by atoms with Crippen LogP contribution in [0.5, 0.6) is 5.75 Å². The molecule has 0 spiro atoms. The lowest BCUT2D eigenvalue weighted by Gasteiger charge is -2.34. The van der Waals surface area contributed by atoms with E-state index < -0.39 is 28.5 Å². The number of ether oxygens (including phenoxy) is 1. The van der Waals surface area contributed by atoms with E-state index in [0.717, 1.165) is 26.6 Å². The highest BCUT2D eigenvalue weighted by Crippen LogP contribution is 2.27. The number of carbonyl (C=O) groups excluding carboxylic acids is 2. The predicted octanol–water partition coefficient (Wildman–Crippen LogP) is 5.67. The maximum absolute atomic E-state index is 14.5. The Hall–Kier alpha value is -4.63. The standard InChI is InChI=1S/C36H41N3O5S/c1-26(2)37-36(41)34(23-29-11-7-6-8-12-29)38(24-30-13-9-10-28(4)22-30)35(40)25-39(31-16-18-32(44-5)19-17-31)45(42,43)33-20-14-27(3)15-21-33/h6-22,26,34H,23-25H2,1-5H3,(H,37,41)/t34-/m1/s1. The largest absolute Gasteiger partial charge is 0.497 e. The number of hydrogen-bond acceptors (Lipinski definition) is 5. The van der Waals surface area contributed by atoms with E-state index in [1.54, 1.807) is 36.4 Å². The summed E-state index contributed by atoms with van der Waals surface area (Å²) < 4.78 is 34.7. The molecule has 1 atom stereocenters. The Morgan fingerprint density at radius 2 is 1.44 bits per heavy atom. The van der Waals surface area contributed by atoms with Crippen LogP contribution in [-0.4, -0.2) is 50.9 Å². The van der Waals surface area contributed by atoms with Crippen molar-refractivity contribution < 1.29 is 22.7 Å². The van der Waals surface area contributed by atoms with E-state index in [1.807, 2.05) is 82.3 Å². The SMILES string of the molecule is COc1ccc(N(CC(=O)N(Cc2cccc(C)c2)[C@H](Cc2ccccc2)C(=O)NC(C)C)S(=O)(=O)c2ccc(C)cc2)cc1. The van der Waals surface area contributed by atoms with Crippen LogP contribution in [0, 0.1) is 13.8 Å². The Kier molecular flexibility index (Phi) is 11.0. The molecule has 0 unspecified atom stereocenters. The van der Waals surface area contributed by atoms with Crippen LogP contribution in [0.15, 0.2) is 108 Å². The topological polar surface area (TPSA) is 96.0 Å². The van der Waals surface area contributed by atoms with Gasteiger partial charge in [-0.1, -0.05) is 77.9 Å². The molecular formula is C36H41N3O5S. The van der Waals surface area contributed by atoms with Crippen molar-refractivity contribution in [2.75, 3.05) is 18.0 Å². The molecule has 0 aliphatic heterocycles. The molecule has 4 rings (SSSR count). The molecule has 8 nitrogen and oxygen atoms in total. The van der Waals surface area contributed by atoms with Gasteiger partial charge in [0.15, 0.2) is 0 Å². The summed E-state index contributed by atoms with van der Waals surface area (Å²) in [5.74, 6) is -0.276. The number of amides is 2. The lowest BCUT2D eigenvalue weighted by atomic mass is 10.0. The van der Waals surface area contributed by atoms with Crippen molar-refractivity contribution in [1.82, 2.24) is 10.2 Å². The lowest BCUT2D eigenvalue weighted by Crippen LogP contribution is -2.54. The third kappa shape index (κ3) is 8.73. The number of anilines is 1. The number of carbonyl (C=O) groups is 2. The average Bonchev–Trinajstić information content (AvgIpc) is 3.02. The summed E-state index contributed by atoms with van der Waals surface area (Å²) in [4.78, 5) is 29.9. The van der Waals surface area contributed by atoms with E-state index in [-0.39, 0.29) is 29.8 Å². The summed E-state index contributed by atoms with van der Waals surface area (Å²) in [6.45, 7) is 7.16. The van der Waals surface area contributed by atoms with Crippen LogP contribution in [-0.2, 0) is 32.6 Å². The van der Waals surface area contributed by atoms with E-state index in [4.69, 9.17) is 4.74 Å². The van der Waals surface area contributed by atoms with Crippen LogP contribution in [0.3, 0.4) is 0 Å². The molecule has 1 N–H and O–H groups in total. The highest BCUT2D eigenvalue weighted by molar-refractivity contribution is 7.92. The van der Waals surface area contributed by atoms with Gasteiger partial charge in [0.2, 0.25) is 11.8 Å². The molecule has 0 aliphatic rings. The fourth-order valence-corrected chi connectivity index (χ4v) is 6.47. The van der Waals surface area contributed by atoms with Crippen LogP contribution in [0.4, 0.5) is 5.69 Å². The van der Waals surface area contributed by atoms with Gasteiger partial charge in [-0.15, -0.1) is 0 Å². The number of aryl methyl sites for hydroxylation is 2. The van der Waals surface area contributed by atoms with Crippen LogP contribution >= 0.6 is 0 Å². The first-order valence-corrected chi connectivity index (χ1v) is 16.3. The van der Waals surface area contributed by atoms with E-state index in [9.17, 15) is 18.0 Å². The summed E-state index contributed by atoms with van der Waals surface area (Å²) in [5.41, 5.74) is 3.92. The number of nitrogens with zero attached hydrogens (tertiary/aromatic N) is 2. The molecule has 0 aromatic heterocycles. The molecule has 236 valence electrons. The number of sulfonamides is 1. The van der Waals surface area contributed by atoms with Gasteiger partial charge in [0, 0.05) is 19.0 Å². The molecule has 0 fully saturated rings. The number of methoxy groups -OCH3 is 1. The average molecular weight is 628 g/mol. The third-order valence-corrected chi connectivity index (χ3v) is 9.17. The van der Waals surface area contributed by atoms with Gasteiger partial charge in [0.1, 0.15) is 18.3 Å². The molecule has 4 aromatic rings. The van der Waals surface area contributed by atoms with E-state index >= 15 is 0 Å². The minimum absolute atomic E-state index is 0.0559. The highest BCUT2D eigenvalue weighted by atomic mass is 32.2. The predicted molar refractivity (Wildman–Crippen MR) is 178 cm³/mol. The lowest BCUT2D eigenvalue weighted by molar-refractivity contribution is -0.140. The quantitative estimate of drug-likeness (QED) is 0.206. The Morgan fingerprint density at radius 3 is 2.04 bits per heavy atom. The van der Waals surface area contributed by atoms with Crippen molar-refractivity contribution >= 4 is 27.5 Å². The van der Waals surface area contributed by atoms with E-state index in [1.165, 1.54) is 24.1 Å². The molecule has 0 saturated carbocycles. The smallest absolute Gasteiger partial charge is 0.264 e. The minimum Gasteiger partial charge on any atom is -0.497 e. The van der Waals surface area contributed by atoms with Gasteiger partial charge >= 0.3 is 0 Å².